The Hall–Kier alpha value is -2.71. The van der Waals surface area contributed by atoms with Gasteiger partial charge >= 0.3 is 5.69 Å². The smallest absolute Gasteiger partial charge is 0.343 e. The number of nitrogens with two attached hydrogens (primary N) is 1. The van der Waals surface area contributed by atoms with E-state index in [4.69, 9.17) is 33.7 Å². The van der Waals surface area contributed by atoms with Crippen molar-refractivity contribution in [1.82, 2.24) is 19.3 Å². The second-order valence-corrected chi connectivity index (χ2v) is 6.10. The van der Waals surface area contributed by atoms with E-state index < -0.39 is 5.56 Å². The molecule has 0 aliphatic rings. The van der Waals surface area contributed by atoms with Crippen molar-refractivity contribution in [3.63, 3.8) is 0 Å². The molecule has 3 N–H and O–H groups in total. The third kappa shape index (κ3) is 3.54. The first-order valence-electron chi connectivity index (χ1n) is 7.08. The van der Waals surface area contributed by atoms with Crippen LogP contribution in [0.1, 0.15) is 5.82 Å². The van der Waals surface area contributed by atoms with Gasteiger partial charge in [0.05, 0.1) is 11.6 Å². The number of nitrogens with one attached hydrogen (secondary N) is 1. The van der Waals surface area contributed by atoms with E-state index in [1.807, 2.05) is 0 Å². The summed E-state index contributed by atoms with van der Waals surface area (Å²) in [5, 5.41) is 6.68. The van der Waals surface area contributed by atoms with E-state index in [0.29, 0.717) is 16.5 Å². The van der Waals surface area contributed by atoms with Gasteiger partial charge in [-0.15, -0.1) is 0 Å². The van der Waals surface area contributed by atoms with Gasteiger partial charge < -0.3 is 15.0 Å². The number of aromatic nitrogens is 4. The van der Waals surface area contributed by atoms with E-state index in [1.54, 1.807) is 13.1 Å². The second kappa shape index (κ2) is 6.66. The van der Waals surface area contributed by atoms with Crippen molar-refractivity contribution in [3.05, 3.63) is 67.2 Å². The van der Waals surface area contributed by atoms with Gasteiger partial charge in [0.15, 0.2) is 5.82 Å². The quantitative estimate of drug-likeness (QED) is 0.671. The molecule has 1 aromatic carbocycles. The molecule has 0 saturated carbocycles. The fraction of sp³-hybridized carbons (Fsp3) is 0.133. The lowest BCUT2D eigenvalue weighted by molar-refractivity contribution is 0.467. The molecule has 0 saturated heterocycles. The molecule has 0 atom stereocenters. The summed E-state index contributed by atoms with van der Waals surface area (Å²) >= 11 is 12.0. The van der Waals surface area contributed by atoms with Crippen molar-refractivity contribution in [3.8, 4) is 11.5 Å². The van der Waals surface area contributed by atoms with Gasteiger partial charge in [0, 0.05) is 30.0 Å². The average molecular weight is 382 g/mol. The minimum atomic E-state index is -0.485. The molecule has 0 aliphatic carbocycles. The summed E-state index contributed by atoms with van der Waals surface area (Å²) in [6.45, 7) is 0.0687. The summed E-state index contributed by atoms with van der Waals surface area (Å²) in [6, 6.07) is 6.10. The maximum atomic E-state index is 12.7. The highest BCUT2D eigenvalue weighted by atomic mass is 35.5. The third-order valence-electron chi connectivity index (χ3n) is 3.47. The Morgan fingerprint density at radius 1 is 1.28 bits per heavy atom. The molecule has 10 heteroatoms. The van der Waals surface area contributed by atoms with E-state index in [0.717, 1.165) is 0 Å². The fourth-order valence-corrected chi connectivity index (χ4v) is 2.59. The maximum Gasteiger partial charge on any atom is 0.343 e. The molecule has 3 aromatic rings. The van der Waals surface area contributed by atoms with Crippen LogP contribution in [-0.2, 0) is 13.6 Å². The van der Waals surface area contributed by atoms with Crippen LogP contribution in [0.5, 0.6) is 11.5 Å². The summed E-state index contributed by atoms with van der Waals surface area (Å²) in [7, 11) is 1.55. The molecular weight excluding hydrogens is 369 g/mol. The summed E-state index contributed by atoms with van der Waals surface area (Å²) < 4.78 is 8.22. The zero-order valence-corrected chi connectivity index (χ0v) is 14.5. The normalized spacial score (nSPS) is 10.8. The Balaban J connectivity index is 1.98. The lowest BCUT2D eigenvalue weighted by Gasteiger charge is -2.11. The van der Waals surface area contributed by atoms with Gasteiger partial charge in [-0.05, 0) is 18.2 Å². The fourth-order valence-electron chi connectivity index (χ4n) is 2.18. The zero-order valence-electron chi connectivity index (χ0n) is 13.0. The van der Waals surface area contributed by atoms with Crippen LogP contribution in [0, 0.1) is 0 Å². The number of aromatic amines is 1. The Labute approximate surface area is 151 Å². The number of H-pyrrole nitrogens is 1. The van der Waals surface area contributed by atoms with Gasteiger partial charge in [-0.25, -0.2) is 9.89 Å². The number of halogens is 2. The van der Waals surface area contributed by atoms with Gasteiger partial charge in [-0.2, -0.15) is 5.10 Å². The first-order valence-corrected chi connectivity index (χ1v) is 7.84. The van der Waals surface area contributed by atoms with Crippen molar-refractivity contribution in [2.24, 2.45) is 7.05 Å². The average Bonchev–Trinajstić information content (AvgIpc) is 2.85. The van der Waals surface area contributed by atoms with Gasteiger partial charge in [-0.1, -0.05) is 23.2 Å². The van der Waals surface area contributed by atoms with Crippen LogP contribution in [-0.4, -0.2) is 19.3 Å². The van der Waals surface area contributed by atoms with Crippen LogP contribution in [0.2, 0.25) is 10.0 Å². The standard InChI is InChI=1S/C15H13Cl2N5O3/c1-21-12(19-20-15(21)24)7-22-3-2-11(17)13(14(22)23)25-10-5-8(16)4-9(18)6-10/h2-6H,7,18H2,1H3,(H,20,24). The number of rotatable bonds is 4. The number of nitrogens with zero attached hydrogens (tertiary/aromatic N) is 3. The molecular formula is C15H13Cl2N5O3. The molecule has 0 fully saturated rings. The van der Waals surface area contributed by atoms with Gasteiger partial charge in [0.1, 0.15) is 5.75 Å². The number of anilines is 1. The second-order valence-electron chi connectivity index (χ2n) is 5.25. The monoisotopic (exact) mass is 381 g/mol. The van der Waals surface area contributed by atoms with E-state index in [-0.39, 0.29) is 28.8 Å². The molecule has 0 amide bonds. The molecule has 0 spiro atoms. The van der Waals surface area contributed by atoms with Crippen molar-refractivity contribution >= 4 is 28.9 Å². The van der Waals surface area contributed by atoms with E-state index in [9.17, 15) is 9.59 Å². The SMILES string of the molecule is Cn1c(Cn2ccc(Cl)c(Oc3cc(N)cc(Cl)c3)c2=O)n[nH]c1=O. The third-order valence-corrected chi connectivity index (χ3v) is 3.99. The molecule has 0 unspecified atom stereocenters. The lowest BCUT2D eigenvalue weighted by Crippen LogP contribution is -2.24. The van der Waals surface area contributed by atoms with Crippen molar-refractivity contribution in [1.29, 1.82) is 0 Å². The first kappa shape index (κ1) is 17.1. The highest BCUT2D eigenvalue weighted by Crippen LogP contribution is 2.29. The first-order chi connectivity index (χ1) is 11.8. The highest BCUT2D eigenvalue weighted by molar-refractivity contribution is 6.32. The maximum absolute atomic E-state index is 12.7. The number of hydrogen-bond donors (Lipinski definition) is 2. The molecule has 25 heavy (non-hydrogen) atoms. The molecule has 0 aliphatic heterocycles. The largest absolute Gasteiger partial charge is 0.450 e. The van der Waals surface area contributed by atoms with Gasteiger partial charge in [-0.3, -0.25) is 9.36 Å². The highest BCUT2D eigenvalue weighted by Gasteiger charge is 2.14. The topological polar surface area (TPSA) is 108 Å². The van der Waals surface area contributed by atoms with Crippen LogP contribution < -0.4 is 21.7 Å². The van der Waals surface area contributed by atoms with Crippen LogP contribution in [0.4, 0.5) is 5.69 Å². The predicted molar refractivity (Wildman–Crippen MR) is 94.6 cm³/mol. The molecule has 8 nitrogen and oxygen atoms in total. The van der Waals surface area contributed by atoms with Crippen molar-refractivity contribution in [2.75, 3.05) is 5.73 Å². The Kier molecular flexibility index (Phi) is 4.56. The summed E-state index contributed by atoms with van der Waals surface area (Å²) in [4.78, 5) is 24.1. The van der Waals surface area contributed by atoms with Gasteiger partial charge in [0.2, 0.25) is 5.75 Å². The Morgan fingerprint density at radius 3 is 2.68 bits per heavy atom. The van der Waals surface area contributed by atoms with Crippen LogP contribution in [0.25, 0.3) is 0 Å². The minimum absolute atomic E-state index is 0.0687. The number of hydrogen-bond acceptors (Lipinski definition) is 5. The van der Waals surface area contributed by atoms with Crippen molar-refractivity contribution in [2.45, 2.75) is 6.54 Å². The van der Waals surface area contributed by atoms with E-state index in [2.05, 4.69) is 10.2 Å². The Morgan fingerprint density at radius 2 is 2.04 bits per heavy atom. The molecule has 0 radical (unpaired) electrons. The lowest BCUT2D eigenvalue weighted by atomic mass is 10.3. The van der Waals surface area contributed by atoms with E-state index in [1.165, 1.54) is 33.5 Å². The number of benzene rings is 1. The van der Waals surface area contributed by atoms with Crippen LogP contribution in [0.15, 0.2) is 40.1 Å². The molecule has 130 valence electrons. The molecule has 3 rings (SSSR count). The summed E-state index contributed by atoms with van der Waals surface area (Å²) in [5.41, 5.74) is 5.25. The summed E-state index contributed by atoms with van der Waals surface area (Å²) in [5.74, 6) is 0.590. The number of pyridine rings is 1. The minimum Gasteiger partial charge on any atom is -0.450 e. The van der Waals surface area contributed by atoms with Crippen LogP contribution in [0.3, 0.4) is 0 Å². The molecule has 2 aromatic heterocycles. The van der Waals surface area contributed by atoms with E-state index >= 15 is 0 Å². The molecule has 0 bridgehead atoms. The number of nitrogen functional groups attached to an aromatic ring is 1. The predicted octanol–water partition coefficient (Wildman–Crippen LogP) is 2.00. The number of ether oxygens (including phenoxy) is 1. The molecule has 2 heterocycles. The van der Waals surface area contributed by atoms with Crippen LogP contribution >= 0.6 is 23.2 Å². The summed E-state index contributed by atoms with van der Waals surface area (Å²) in [6.07, 6.45) is 1.49. The Bertz CT molecular complexity index is 1030. The zero-order chi connectivity index (χ0) is 18.1. The van der Waals surface area contributed by atoms with Crippen molar-refractivity contribution < 1.29 is 4.74 Å². The van der Waals surface area contributed by atoms with Gasteiger partial charge in [0.25, 0.3) is 5.56 Å².